The molecule has 0 aliphatic rings. The van der Waals surface area contributed by atoms with Crippen LogP contribution < -0.4 is 9.47 Å². The summed E-state index contributed by atoms with van der Waals surface area (Å²) in [7, 11) is 0. The molecule has 4 aromatic rings. The number of halogens is 3. The highest BCUT2D eigenvalue weighted by Crippen LogP contribution is 2.31. The maximum absolute atomic E-state index is 14.7. The van der Waals surface area contributed by atoms with Gasteiger partial charge in [0.05, 0.1) is 12.2 Å². The number of benzene rings is 4. The standard InChI is InChI=1S/C29H21F3O3/c1-3-18-5-7-20(8-6-18)24-15-16-26(28(32)27(24)31)35-29(33)21-11-9-19(10-12-21)23-14-13-22(34-4-2)17-25(23)30/h3,5-17H,1,4H2,2H3. The second kappa shape index (κ2) is 10.3. The number of rotatable bonds is 7. The van der Waals surface area contributed by atoms with Gasteiger partial charge >= 0.3 is 5.97 Å². The Morgan fingerprint density at radius 2 is 1.46 bits per heavy atom. The Morgan fingerprint density at radius 3 is 2.09 bits per heavy atom. The first kappa shape index (κ1) is 23.8. The zero-order chi connectivity index (χ0) is 24.9. The van der Waals surface area contributed by atoms with Gasteiger partial charge in [0.1, 0.15) is 11.6 Å². The Labute approximate surface area is 201 Å². The molecule has 0 spiro atoms. The van der Waals surface area contributed by atoms with E-state index in [2.05, 4.69) is 6.58 Å². The topological polar surface area (TPSA) is 35.5 Å². The van der Waals surface area contributed by atoms with Crippen LogP contribution in [0.3, 0.4) is 0 Å². The van der Waals surface area contributed by atoms with Crippen molar-refractivity contribution >= 4 is 12.0 Å². The molecule has 35 heavy (non-hydrogen) atoms. The summed E-state index contributed by atoms with van der Waals surface area (Å²) in [4.78, 5) is 12.5. The fourth-order valence-corrected chi connectivity index (χ4v) is 3.56. The Kier molecular flexibility index (Phi) is 7.01. The zero-order valence-electron chi connectivity index (χ0n) is 18.9. The number of hydrogen-bond donors (Lipinski definition) is 0. The first-order valence-corrected chi connectivity index (χ1v) is 10.9. The van der Waals surface area contributed by atoms with Gasteiger partial charge in [-0.2, -0.15) is 4.39 Å². The lowest BCUT2D eigenvalue weighted by molar-refractivity contribution is 0.0727. The third-order valence-corrected chi connectivity index (χ3v) is 5.39. The van der Waals surface area contributed by atoms with Crippen molar-refractivity contribution < 1.29 is 27.4 Å². The van der Waals surface area contributed by atoms with Crippen molar-refractivity contribution in [3.05, 3.63) is 114 Å². The van der Waals surface area contributed by atoms with Crippen LogP contribution in [0.2, 0.25) is 0 Å². The Morgan fingerprint density at radius 1 is 0.829 bits per heavy atom. The van der Waals surface area contributed by atoms with Crippen molar-refractivity contribution in [2.24, 2.45) is 0 Å². The van der Waals surface area contributed by atoms with Gasteiger partial charge in [-0.3, -0.25) is 0 Å². The molecule has 0 saturated heterocycles. The monoisotopic (exact) mass is 474 g/mol. The highest BCUT2D eigenvalue weighted by atomic mass is 19.2. The lowest BCUT2D eigenvalue weighted by Gasteiger charge is -2.10. The van der Waals surface area contributed by atoms with Crippen molar-refractivity contribution in [3.63, 3.8) is 0 Å². The molecule has 0 N–H and O–H groups in total. The molecule has 176 valence electrons. The lowest BCUT2D eigenvalue weighted by Crippen LogP contribution is -2.10. The summed E-state index contributed by atoms with van der Waals surface area (Å²) in [6.07, 6.45) is 1.64. The number of esters is 1. The van der Waals surface area contributed by atoms with Gasteiger partial charge in [0.2, 0.25) is 5.82 Å². The van der Waals surface area contributed by atoms with Crippen LogP contribution in [-0.2, 0) is 0 Å². The van der Waals surface area contributed by atoms with Crippen LogP contribution >= 0.6 is 0 Å². The van der Waals surface area contributed by atoms with E-state index in [1.165, 1.54) is 30.3 Å². The number of carbonyl (C=O) groups excluding carboxylic acids is 1. The largest absolute Gasteiger partial charge is 0.494 e. The van der Waals surface area contributed by atoms with Gasteiger partial charge in [-0.05, 0) is 60.0 Å². The molecule has 6 heteroatoms. The normalized spacial score (nSPS) is 10.6. The van der Waals surface area contributed by atoms with Crippen molar-refractivity contribution in [1.29, 1.82) is 0 Å². The van der Waals surface area contributed by atoms with E-state index in [9.17, 15) is 18.0 Å². The molecule has 0 bridgehead atoms. The summed E-state index contributed by atoms with van der Waals surface area (Å²) in [6, 6.07) is 19.8. The second-order valence-corrected chi connectivity index (χ2v) is 7.61. The van der Waals surface area contributed by atoms with Crippen LogP contribution in [0.5, 0.6) is 11.5 Å². The molecule has 0 atom stereocenters. The van der Waals surface area contributed by atoms with Crippen LogP contribution in [0.1, 0.15) is 22.8 Å². The van der Waals surface area contributed by atoms with Gasteiger partial charge in [0.25, 0.3) is 0 Å². The summed E-state index contributed by atoms with van der Waals surface area (Å²) in [5.41, 5.74) is 2.33. The minimum Gasteiger partial charge on any atom is -0.494 e. The van der Waals surface area contributed by atoms with E-state index < -0.39 is 29.2 Å². The highest BCUT2D eigenvalue weighted by molar-refractivity contribution is 5.91. The Balaban J connectivity index is 1.51. The molecule has 0 radical (unpaired) electrons. The first-order chi connectivity index (χ1) is 16.9. The van der Waals surface area contributed by atoms with E-state index in [-0.39, 0.29) is 11.1 Å². The summed E-state index contributed by atoms with van der Waals surface area (Å²) >= 11 is 0. The van der Waals surface area contributed by atoms with Crippen LogP contribution in [-0.4, -0.2) is 12.6 Å². The summed E-state index contributed by atoms with van der Waals surface area (Å²) in [6.45, 7) is 5.89. The van der Waals surface area contributed by atoms with E-state index in [4.69, 9.17) is 9.47 Å². The van der Waals surface area contributed by atoms with Crippen LogP contribution in [0.4, 0.5) is 13.2 Å². The molecule has 4 rings (SSSR count). The second-order valence-electron chi connectivity index (χ2n) is 7.61. The van der Waals surface area contributed by atoms with Crippen LogP contribution in [0.15, 0.2) is 85.4 Å². The maximum Gasteiger partial charge on any atom is 0.343 e. The fourth-order valence-electron chi connectivity index (χ4n) is 3.56. The van der Waals surface area contributed by atoms with Crippen molar-refractivity contribution in [2.45, 2.75) is 6.92 Å². The van der Waals surface area contributed by atoms with Gasteiger partial charge in [-0.25, -0.2) is 13.6 Å². The van der Waals surface area contributed by atoms with Crippen molar-refractivity contribution in [2.75, 3.05) is 6.61 Å². The van der Waals surface area contributed by atoms with Gasteiger partial charge in [0.15, 0.2) is 11.6 Å². The Hall–Kier alpha value is -4.32. The number of ether oxygens (including phenoxy) is 2. The molecule has 4 aromatic carbocycles. The average Bonchev–Trinajstić information content (AvgIpc) is 2.87. The van der Waals surface area contributed by atoms with Gasteiger partial charge in [0, 0.05) is 17.2 Å². The van der Waals surface area contributed by atoms with Gasteiger partial charge in [-0.15, -0.1) is 0 Å². The average molecular weight is 474 g/mol. The van der Waals surface area contributed by atoms with Crippen molar-refractivity contribution in [1.82, 2.24) is 0 Å². The highest BCUT2D eigenvalue weighted by Gasteiger charge is 2.19. The maximum atomic E-state index is 14.7. The summed E-state index contributed by atoms with van der Waals surface area (Å²) < 4.78 is 54.2. The molecule has 0 aliphatic carbocycles. The zero-order valence-corrected chi connectivity index (χ0v) is 18.9. The van der Waals surface area contributed by atoms with Crippen LogP contribution in [0.25, 0.3) is 28.3 Å². The molecule has 3 nitrogen and oxygen atoms in total. The minimum atomic E-state index is -1.27. The van der Waals surface area contributed by atoms with E-state index in [1.54, 1.807) is 61.5 Å². The minimum absolute atomic E-state index is 0.0413. The SMILES string of the molecule is C=Cc1ccc(-c2ccc(OC(=O)c3ccc(-c4ccc(OCC)cc4F)cc3)c(F)c2F)cc1. The van der Waals surface area contributed by atoms with Crippen molar-refractivity contribution in [3.8, 4) is 33.8 Å². The molecular formula is C29H21F3O3. The number of hydrogen-bond acceptors (Lipinski definition) is 3. The van der Waals surface area contributed by atoms with E-state index >= 15 is 0 Å². The first-order valence-electron chi connectivity index (χ1n) is 10.9. The van der Waals surface area contributed by atoms with E-state index in [0.29, 0.717) is 29.0 Å². The quantitative estimate of drug-likeness (QED) is 0.203. The molecule has 0 heterocycles. The Bertz CT molecular complexity index is 1380. The number of carbonyl (C=O) groups is 1. The molecule has 0 saturated carbocycles. The smallest absolute Gasteiger partial charge is 0.343 e. The third kappa shape index (κ3) is 5.11. The molecule has 0 aliphatic heterocycles. The summed E-state index contributed by atoms with van der Waals surface area (Å²) in [5, 5.41) is 0. The predicted molar refractivity (Wildman–Crippen MR) is 130 cm³/mol. The fraction of sp³-hybridized carbons (Fsp3) is 0.0690. The van der Waals surface area contributed by atoms with Crippen LogP contribution in [0, 0.1) is 17.5 Å². The predicted octanol–water partition coefficient (Wildman–Crippen LogP) is 7.70. The molecule has 0 unspecified atom stereocenters. The van der Waals surface area contributed by atoms with Gasteiger partial charge in [-0.1, -0.05) is 49.1 Å². The van der Waals surface area contributed by atoms with Gasteiger partial charge < -0.3 is 9.47 Å². The third-order valence-electron chi connectivity index (χ3n) is 5.39. The lowest BCUT2D eigenvalue weighted by atomic mass is 10.0. The molecule has 0 aromatic heterocycles. The molecule has 0 amide bonds. The van der Waals surface area contributed by atoms with E-state index in [1.807, 2.05) is 0 Å². The molecular weight excluding hydrogens is 453 g/mol. The van der Waals surface area contributed by atoms with E-state index in [0.717, 1.165) is 5.56 Å². The summed E-state index contributed by atoms with van der Waals surface area (Å²) in [5.74, 6) is -3.84. The molecule has 0 fully saturated rings.